The van der Waals surface area contributed by atoms with E-state index in [-0.39, 0.29) is 5.91 Å². The van der Waals surface area contributed by atoms with Crippen LogP contribution in [0.1, 0.15) is 10.5 Å². The van der Waals surface area contributed by atoms with E-state index in [0.717, 1.165) is 10.9 Å². The molecule has 0 unspecified atom stereocenters. The number of amides is 1. The smallest absolute Gasteiger partial charge is 0.275 e. The minimum Gasteiger partial charge on any atom is -0.335 e. The highest BCUT2D eigenvalue weighted by atomic mass is 16.1. The Morgan fingerprint density at radius 3 is 3.20 bits per heavy atom. The number of benzene rings is 1. The molecular formula is C13H14N6O. The summed E-state index contributed by atoms with van der Waals surface area (Å²) in [6.07, 6.45) is 4.99. The zero-order valence-corrected chi connectivity index (χ0v) is 10.7. The van der Waals surface area contributed by atoms with Crippen molar-refractivity contribution in [2.75, 3.05) is 11.9 Å². The molecule has 0 atom stereocenters. The van der Waals surface area contributed by atoms with Crippen LogP contribution in [0.25, 0.3) is 10.9 Å². The third-order valence-electron chi connectivity index (χ3n) is 2.95. The predicted molar refractivity (Wildman–Crippen MR) is 75.3 cm³/mol. The Balaban J connectivity index is 1.76. The number of nitrogens with two attached hydrogens (primary N) is 1. The van der Waals surface area contributed by atoms with Gasteiger partial charge in [-0.1, -0.05) is 0 Å². The number of aromatic amines is 1. The topological polar surface area (TPSA) is 102 Å². The van der Waals surface area contributed by atoms with Crippen molar-refractivity contribution in [3.63, 3.8) is 0 Å². The number of nitrogens with zero attached hydrogens (tertiary/aromatic N) is 3. The van der Waals surface area contributed by atoms with Crippen molar-refractivity contribution in [3.8, 4) is 0 Å². The number of imidazole rings is 1. The second-order valence-electron chi connectivity index (χ2n) is 4.41. The Morgan fingerprint density at radius 1 is 1.45 bits per heavy atom. The van der Waals surface area contributed by atoms with Crippen molar-refractivity contribution in [3.05, 3.63) is 42.6 Å². The summed E-state index contributed by atoms with van der Waals surface area (Å²) in [4.78, 5) is 16.1. The highest BCUT2D eigenvalue weighted by Gasteiger charge is 2.10. The lowest BCUT2D eigenvalue weighted by Crippen LogP contribution is -2.12. The Hall–Kier alpha value is -2.67. The van der Waals surface area contributed by atoms with Gasteiger partial charge in [0.25, 0.3) is 5.91 Å². The largest absolute Gasteiger partial charge is 0.335 e. The van der Waals surface area contributed by atoms with Crippen LogP contribution in [0.2, 0.25) is 0 Å². The summed E-state index contributed by atoms with van der Waals surface area (Å²) in [6, 6.07) is 5.54. The Morgan fingerprint density at radius 2 is 2.35 bits per heavy atom. The molecule has 0 radical (unpaired) electrons. The Labute approximate surface area is 114 Å². The zero-order chi connectivity index (χ0) is 13.9. The maximum atomic E-state index is 12.1. The van der Waals surface area contributed by atoms with Gasteiger partial charge in [-0.2, -0.15) is 5.10 Å². The van der Waals surface area contributed by atoms with E-state index in [9.17, 15) is 4.79 Å². The number of nitrogens with one attached hydrogen (secondary N) is 2. The van der Waals surface area contributed by atoms with Gasteiger partial charge in [0.2, 0.25) is 0 Å². The van der Waals surface area contributed by atoms with Crippen LogP contribution in [0.4, 0.5) is 5.69 Å². The molecule has 7 heteroatoms. The van der Waals surface area contributed by atoms with E-state index in [0.29, 0.717) is 24.5 Å². The molecule has 102 valence electrons. The molecule has 1 amide bonds. The van der Waals surface area contributed by atoms with E-state index in [4.69, 9.17) is 5.73 Å². The fourth-order valence-corrected chi connectivity index (χ4v) is 1.96. The van der Waals surface area contributed by atoms with Gasteiger partial charge in [0, 0.05) is 30.4 Å². The highest BCUT2D eigenvalue weighted by Crippen LogP contribution is 2.17. The van der Waals surface area contributed by atoms with Crippen LogP contribution in [0.3, 0.4) is 0 Å². The molecule has 0 aliphatic rings. The quantitative estimate of drug-likeness (QED) is 0.657. The lowest BCUT2D eigenvalue weighted by atomic mass is 10.2. The molecule has 0 aliphatic carbocycles. The summed E-state index contributed by atoms with van der Waals surface area (Å²) in [5.41, 5.74) is 7.45. The molecule has 0 saturated heterocycles. The van der Waals surface area contributed by atoms with Crippen molar-refractivity contribution in [2.45, 2.75) is 6.54 Å². The van der Waals surface area contributed by atoms with Crippen LogP contribution in [0, 0.1) is 0 Å². The van der Waals surface area contributed by atoms with Crippen LogP contribution < -0.4 is 11.1 Å². The second kappa shape index (κ2) is 5.14. The second-order valence-corrected chi connectivity index (χ2v) is 4.41. The van der Waals surface area contributed by atoms with E-state index < -0.39 is 0 Å². The summed E-state index contributed by atoms with van der Waals surface area (Å²) < 4.78 is 1.79. The van der Waals surface area contributed by atoms with Crippen LogP contribution in [-0.4, -0.2) is 32.2 Å². The van der Waals surface area contributed by atoms with Crippen LogP contribution >= 0.6 is 0 Å². The van der Waals surface area contributed by atoms with Gasteiger partial charge in [0.1, 0.15) is 5.69 Å². The van der Waals surface area contributed by atoms with E-state index >= 15 is 0 Å². The molecule has 2 aromatic heterocycles. The zero-order valence-electron chi connectivity index (χ0n) is 10.7. The van der Waals surface area contributed by atoms with Gasteiger partial charge in [-0.3, -0.25) is 9.89 Å². The molecule has 0 spiro atoms. The number of aromatic nitrogens is 4. The Bertz CT molecular complexity index is 744. The van der Waals surface area contributed by atoms with Gasteiger partial charge >= 0.3 is 0 Å². The maximum Gasteiger partial charge on any atom is 0.275 e. The van der Waals surface area contributed by atoms with E-state index in [1.807, 2.05) is 18.2 Å². The van der Waals surface area contributed by atoms with Crippen molar-refractivity contribution in [1.82, 2.24) is 19.7 Å². The molecule has 0 saturated carbocycles. The van der Waals surface area contributed by atoms with Crippen LogP contribution in [0.5, 0.6) is 0 Å². The molecule has 0 bridgehead atoms. The molecule has 0 fully saturated rings. The van der Waals surface area contributed by atoms with Crippen LogP contribution in [0.15, 0.2) is 36.9 Å². The molecular weight excluding hydrogens is 256 g/mol. The van der Waals surface area contributed by atoms with Gasteiger partial charge in [0.05, 0.1) is 18.0 Å². The molecule has 20 heavy (non-hydrogen) atoms. The van der Waals surface area contributed by atoms with Crippen molar-refractivity contribution in [2.24, 2.45) is 5.73 Å². The number of carbonyl (C=O) groups is 1. The lowest BCUT2D eigenvalue weighted by molar-refractivity contribution is 0.102. The number of H-pyrrole nitrogens is 1. The first kappa shape index (κ1) is 12.4. The van der Waals surface area contributed by atoms with Crippen molar-refractivity contribution < 1.29 is 4.79 Å². The number of carbonyl (C=O) groups excluding carboxylic acids is 1. The van der Waals surface area contributed by atoms with Crippen LogP contribution in [-0.2, 0) is 6.54 Å². The third-order valence-corrected chi connectivity index (χ3v) is 2.95. The first-order valence-electron chi connectivity index (χ1n) is 6.22. The van der Waals surface area contributed by atoms with Gasteiger partial charge < -0.3 is 15.6 Å². The summed E-state index contributed by atoms with van der Waals surface area (Å²) in [5.74, 6) is -0.247. The van der Waals surface area contributed by atoms with Gasteiger partial charge in [-0.15, -0.1) is 0 Å². The first-order chi connectivity index (χ1) is 9.76. The molecule has 4 N–H and O–H groups in total. The fraction of sp³-hybridized carbons (Fsp3) is 0.154. The predicted octanol–water partition coefficient (Wildman–Crippen LogP) is 0.970. The molecule has 7 nitrogen and oxygen atoms in total. The minimum atomic E-state index is -0.247. The van der Waals surface area contributed by atoms with Crippen molar-refractivity contribution >= 4 is 22.5 Å². The van der Waals surface area contributed by atoms with Gasteiger partial charge in [0.15, 0.2) is 0 Å². The number of rotatable bonds is 4. The van der Waals surface area contributed by atoms with E-state index in [2.05, 4.69) is 20.5 Å². The number of fused-ring (bicyclic) bond motifs is 1. The maximum absolute atomic E-state index is 12.1. The Kier molecular flexibility index (Phi) is 3.18. The lowest BCUT2D eigenvalue weighted by Gasteiger charge is -2.03. The molecule has 0 aliphatic heterocycles. The monoisotopic (exact) mass is 270 g/mol. The molecule has 2 heterocycles. The summed E-state index contributed by atoms with van der Waals surface area (Å²) in [6.45, 7) is 1.15. The average Bonchev–Trinajstić information content (AvgIpc) is 3.07. The van der Waals surface area contributed by atoms with Gasteiger partial charge in [-0.05, 0) is 18.2 Å². The van der Waals surface area contributed by atoms with Crippen molar-refractivity contribution in [1.29, 1.82) is 0 Å². The number of anilines is 1. The van der Waals surface area contributed by atoms with E-state index in [1.165, 1.54) is 0 Å². The highest BCUT2D eigenvalue weighted by molar-refractivity contribution is 6.03. The third kappa shape index (κ3) is 2.39. The van der Waals surface area contributed by atoms with Gasteiger partial charge in [-0.25, -0.2) is 4.98 Å². The standard InChI is InChI=1S/C13H14N6O/c14-3-4-19-7-12(15-8-19)13(20)17-10-1-2-11-9(5-10)6-16-18-11/h1-2,5-8H,3-4,14H2,(H,16,18)(H,17,20). The SMILES string of the molecule is NCCn1cnc(C(=O)Nc2ccc3[nH]ncc3c2)c1. The molecule has 3 rings (SSSR count). The molecule has 3 aromatic rings. The number of hydrogen-bond donors (Lipinski definition) is 3. The summed E-state index contributed by atoms with van der Waals surface area (Å²) >= 11 is 0. The summed E-state index contributed by atoms with van der Waals surface area (Å²) in [5, 5.41) is 10.5. The average molecular weight is 270 g/mol. The minimum absolute atomic E-state index is 0.247. The summed E-state index contributed by atoms with van der Waals surface area (Å²) in [7, 11) is 0. The molecule has 1 aromatic carbocycles. The number of hydrogen-bond acceptors (Lipinski definition) is 4. The van der Waals surface area contributed by atoms with E-state index in [1.54, 1.807) is 23.3 Å². The first-order valence-corrected chi connectivity index (χ1v) is 6.22. The normalized spacial score (nSPS) is 10.8. The fourth-order valence-electron chi connectivity index (χ4n) is 1.96.